The number of aryl methyl sites for hydroxylation is 2. The molecule has 0 aliphatic heterocycles. The molecule has 0 aliphatic rings. The zero-order valence-electron chi connectivity index (χ0n) is 24.8. The van der Waals surface area contributed by atoms with Crippen molar-refractivity contribution in [1.82, 2.24) is 10.2 Å². The van der Waals surface area contributed by atoms with E-state index >= 15 is 0 Å². The highest BCUT2D eigenvalue weighted by atomic mass is 35.5. The van der Waals surface area contributed by atoms with E-state index in [4.69, 9.17) is 23.2 Å². The van der Waals surface area contributed by atoms with E-state index in [0.717, 1.165) is 26.6 Å². The zero-order valence-corrected chi connectivity index (χ0v) is 27.2. The van der Waals surface area contributed by atoms with E-state index in [9.17, 15) is 18.0 Å². The average Bonchev–Trinajstić information content (AvgIpc) is 3.00. The summed E-state index contributed by atoms with van der Waals surface area (Å²) in [4.78, 5) is 29.5. The summed E-state index contributed by atoms with van der Waals surface area (Å²) in [6.45, 7) is 5.42. The molecule has 0 fully saturated rings. The highest BCUT2D eigenvalue weighted by molar-refractivity contribution is 7.92. The molecule has 2 amide bonds. The lowest BCUT2D eigenvalue weighted by molar-refractivity contribution is -0.140. The van der Waals surface area contributed by atoms with Gasteiger partial charge in [0.1, 0.15) is 12.6 Å². The van der Waals surface area contributed by atoms with Crippen LogP contribution in [0, 0.1) is 13.8 Å². The molecule has 0 spiro atoms. The first-order chi connectivity index (χ1) is 21.0. The van der Waals surface area contributed by atoms with Crippen molar-refractivity contribution in [2.75, 3.05) is 17.4 Å². The van der Waals surface area contributed by atoms with Gasteiger partial charge in [-0.25, -0.2) is 8.42 Å². The van der Waals surface area contributed by atoms with E-state index < -0.39 is 28.5 Å². The molecule has 0 unspecified atom stereocenters. The molecular formula is C34H35Cl2N3O4S. The third-order valence-electron chi connectivity index (χ3n) is 7.15. The third kappa shape index (κ3) is 8.00. The van der Waals surface area contributed by atoms with Crippen LogP contribution in [0.4, 0.5) is 5.69 Å². The molecule has 0 heterocycles. The molecule has 0 saturated heterocycles. The number of carbonyl (C=O) groups excluding carboxylic acids is 2. The van der Waals surface area contributed by atoms with E-state index in [2.05, 4.69) is 5.32 Å². The lowest BCUT2D eigenvalue weighted by atomic mass is 10.0. The highest BCUT2D eigenvalue weighted by Crippen LogP contribution is 2.35. The number of rotatable bonds is 12. The summed E-state index contributed by atoms with van der Waals surface area (Å²) >= 11 is 12.9. The second-order valence-corrected chi connectivity index (χ2v) is 13.2. The first-order valence-electron chi connectivity index (χ1n) is 14.2. The Hall–Kier alpha value is -3.85. The monoisotopic (exact) mass is 651 g/mol. The van der Waals surface area contributed by atoms with Crippen molar-refractivity contribution in [2.45, 2.75) is 44.7 Å². The van der Waals surface area contributed by atoms with Crippen LogP contribution in [-0.4, -0.2) is 44.3 Å². The van der Waals surface area contributed by atoms with Gasteiger partial charge in [0.15, 0.2) is 0 Å². The minimum absolute atomic E-state index is 0.00699. The van der Waals surface area contributed by atoms with Gasteiger partial charge in [-0.05, 0) is 56.2 Å². The van der Waals surface area contributed by atoms with Gasteiger partial charge in [0.05, 0.1) is 20.6 Å². The Labute approximate surface area is 269 Å². The molecule has 4 rings (SSSR count). The second kappa shape index (κ2) is 14.8. The number of amides is 2. The summed E-state index contributed by atoms with van der Waals surface area (Å²) in [7, 11) is -4.29. The standard InChI is InChI=1S/C34H35Cl2N3O4S/c1-4-37-34(41)31(21-26-11-6-5-7-12-26)38(22-27-13-8-10-25(3)20-27)32(40)23-39(30-15-9-14-29(35)33(30)36)44(42,43)28-18-16-24(2)17-19-28/h5-20,31H,4,21-23H2,1-3H3,(H,37,41)/t31-/m0/s1. The van der Waals surface area contributed by atoms with Crippen LogP contribution in [0.1, 0.15) is 29.2 Å². The summed E-state index contributed by atoms with van der Waals surface area (Å²) in [6, 6.07) is 27.1. The number of hydrogen-bond acceptors (Lipinski definition) is 4. The van der Waals surface area contributed by atoms with Gasteiger partial charge in [-0.1, -0.05) is 107 Å². The number of halogens is 2. The predicted octanol–water partition coefficient (Wildman–Crippen LogP) is 6.58. The molecule has 0 radical (unpaired) electrons. The summed E-state index contributed by atoms with van der Waals surface area (Å²) in [5.74, 6) is -0.920. The van der Waals surface area contributed by atoms with Gasteiger partial charge in [0.25, 0.3) is 10.0 Å². The normalized spacial score (nSPS) is 11.9. The third-order valence-corrected chi connectivity index (χ3v) is 9.73. The van der Waals surface area contributed by atoms with Crippen molar-refractivity contribution in [2.24, 2.45) is 0 Å². The molecule has 0 aromatic heterocycles. The topological polar surface area (TPSA) is 86.8 Å². The van der Waals surface area contributed by atoms with Gasteiger partial charge in [0, 0.05) is 19.5 Å². The van der Waals surface area contributed by atoms with Crippen molar-refractivity contribution >= 4 is 50.7 Å². The van der Waals surface area contributed by atoms with E-state index in [0.29, 0.717) is 6.54 Å². The van der Waals surface area contributed by atoms with Crippen LogP contribution in [0.2, 0.25) is 10.0 Å². The number of anilines is 1. The maximum Gasteiger partial charge on any atom is 0.264 e. The Morgan fingerprint density at radius 3 is 2.14 bits per heavy atom. The Morgan fingerprint density at radius 2 is 1.48 bits per heavy atom. The summed E-state index contributed by atoms with van der Waals surface area (Å²) < 4.78 is 29.2. The molecule has 1 atom stereocenters. The highest BCUT2D eigenvalue weighted by Gasteiger charge is 2.35. The molecule has 4 aromatic rings. The minimum Gasteiger partial charge on any atom is -0.355 e. The molecule has 7 nitrogen and oxygen atoms in total. The number of hydrogen-bond donors (Lipinski definition) is 1. The molecule has 44 heavy (non-hydrogen) atoms. The maximum absolute atomic E-state index is 14.4. The van der Waals surface area contributed by atoms with E-state index in [1.807, 2.05) is 68.4 Å². The molecule has 10 heteroatoms. The minimum atomic E-state index is -4.29. The van der Waals surface area contributed by atoms with Gasteiger partial charge < -0.3 is 10.2 Å². The largest absolute Gasteiger partial charge is 0.355 e. The quantitative estimate of drug-likeness (QED) is 0.187. The Kier molecular flexibility index (Phi) is 11.1. The number of likely N-dealkylation sites (N-methyl/N-ethyl adjacent to an activating group) is 1. The van der Waals surface area contributed by atoms with Crippen LogP contribution >= 0.6 is 23.2 Å². The van der Waals surface area contributed by atoms with Crippen LogP contribution in [0.3, 0.4) is 0 Å². The Bertz CT molecular complexity index is 1710. The SMILES string of the molecule is CCNC(=O)[C@H](Cc1ccccc1)N(Cc1cccc(C)c1)C(=O)CN(c1cccc(Cl)c1Cl)S(=O)(=O)c1ccc(C)cc1. The summed E-state index contributed by atoms with van der Waals surface area (Å²) in [5, 5.41) is 2.99. The smallest absolute Gasteiger partial charge is 0.264 e. The first kappa shape index (κ1) is 33.1. The lowest BCUT2D eigenvalue weighted by Gasteiger charge is -2.34. The number of sulfonamides is 1. The number of carbonyl (C=O) groups is 2. The van der Waals surface area contributed by atoms with Gasteiger partial charge >= 0.3 is 0 Å². The van der Waals surface area contributed by atoms with Crippen molar-refractivity contribution in [3.05, 3.63) is 129 Å². The molecular weight excluding hydrogens is 617 g/mol. The summed E-state index contributed by atoms with van der Waals surface area (Å²) in [6.07, 6.45) is 0.229. The van der Waals surface area contributed by atoms with Gasteiger partial charge in [-0.2, -0.15) is 0 Å². The van der Waals surface area contributed by atoms with Crippen LogP contribution in [0.5, 0.6) is 0 Å². The van der Waals surface area contributed by atoms with Crippen LogP contribution < -0.4 is 9.62 Å². The van der Waals surface area contributed by atoms with Gasteiger partial charge in [-0.15, -0.1) is 0 Å². The number of nitrogens with one attached hydrogen (secondary N) is 1. The predicted molar refractivity (Wildman–Crippen MR) is 177 cm³/mol. The number of nitrogens with zero attached hydrogens (tertiary/aromatic N) is 2. The zero-order chi connectivity index (χ0) is 31.9. The summed E-state index contributed by atoms with van der Waals surface area (Å²) in [5.41, 5.74) is 3.58. The van der Waals surface area contributed by atoms with Crippen molar-refractivity contribution in [3.8, 4) is 0 Å². The van der Waals surface area contributed by atoms with E-state index in [1.165, 1.54) is 23.1 Å². The van der Waals surface area contributed by atoms with Crippen molar-refractivity contribution in [1.29, 1.82) is 0 Å². The molecule has 4 aromatic carbocycles. The van der Waals surface area contributed by atoms with Crippen molar-refractivity contribution in [3.63, 3.8) is 0 Å². The fourth-order valence-electron chi connectivity index (χ4n) is 4.89. The van der Waals surface area contributed by atoms with Crippen LogP contribution in [0.15, 0.2) is 102 Å². The van der Waals surface area contributed by atoms with E-state index in [-0.39, 0.29) is 39.5 Å². The number of benzene rings is 4. The van der Waals surface area contributed by atoms with E-state index in [1.54, 1.807) is 31.2 Å². The maximum atomic E-state index is 14.4. The Balaban J connectivity index is 1.83. The molecule has 0 bridgehead atoms. The fraction of sp³-hybridized carbons (Fsp3) is 0.235. The fourth-order valence-corrected chi connectivity index (χ4v) is 6.76. The van der Waals surface area contributed by atoms with Crippen molar-refractivity contribution < 1.29 is 18.0 Å². The molecule has 1 N–H and O–H groups in total. The van der Waals surface area contributed by atoms with Gasteiger partial charge in [0.2, 0.25) is 11.8 Å². The van der Waals surface area contributed by atoms with Gasteiger partial charge in [-0.3, -0.25) is 13.9 Å². The van der Waals surface area contributed by atoms with Crippen LogP contribution in [-0.2, 0) is 32.6 Å². The second-order valence-electron chi connectivity index (χ2n) is 10.5. The molecule has 0 saturated carbocycles. The lowest BCUT2D eigenvalue weighted by Crippen LogP contribution is -2.53. The first-order valence-corrected chi connectivity index (χ1v) is 16.4. The molecule has 230 valence electrons. The van der Waals surface area contributed by atoms with Crippen LogP contribution in [0.25, 0.3) is 0 Å². The molecule has 0 aliphatic carbocycles. The Morgan fingerprint density at radius 1 is 0.818 bits per heavy atom. The average molecular weight is 653 g/mol.